The van der Waals surface area contributed by atoms with Gasteiger partial charge >= 0.3 is 51.4 Å². The van der Waals surface area contributed by atoms with E-state index in [2.05, 4.69) is 0 Å². The summed E-state index contributed by atoms with van der Waals surface area (Å²) in [7, 11) is -3.06. The van der Waals surface area contributed by atoms with Crippen LogP contribution in [0.15, 0.2) is 0 Å². The van der Waals surface area contributed by atoms with Gasteiger partial charge < -0.3 is 9.90 Å². The predicted octanol–water partition coefficient (Wildman–Crippen LogP) is -4.82. The van der Waals surface area contributed by atoms with Crippen LogP contribution in [0.5, 0.6) is 0 Å². The molecular weight excluding hydrogens is 195 g/mol. The topological polar surface area (TPSA) is 74.3 Å². The zero-order valence-corrected chi connectivity index (χ0v) is 10.2. The van der Waals surface area contributed by atoms with Crippen molar-refractivity contribution in [1.82, 2.24) is 0 Å². The van der Waals surface area contributed by atoms with Crippen molar-refractivity contribution in [3.8, 4) is 0 Å². The average Bonchev–Trinajstić information content (AvgIpc) is 2.10. The fourth-order valence-corrected chi connectivity index (χ4v) is 2.71. The molecule has 0 aliphatic carbocycles. The Morgan fingerprint density at radius 1 is 1.45 bits per heavy atom. The molecule has 0 spiro atoms. The van der Waals surface area contributed by atoms with Crippen LogP contribution in [-0.4, -0.2) is 25.9 Å². The smallest absolute Gasteiger partial charge is 0.550 e. The van der Waals surface area contributed by atoms with Crippen LogP contribution in [0.25, 0.3) is 0 Å². The number of carboxylic acids is 1. The van der Waals surface area contributed by atoms with E-state index >= 15 is 0 Å². The van der Waals surface area contributed by atoms with Crippen LogP contribution in [0.2, 0.25) is 0 Å². The Hall–Kier alpha value is 1.06. The molecule has 0 radical (unpaired) electrons. The van der Waals surface area contributed by atoms with E-state index in [1.54, 1.807) is 0 Å². The van der Waals surface area contributed by atoms with Gasteiger partial charge in [-0.15, -0.1) is 0 Å². The molecule has 0 N–H and O–H groups in total. The van der Waals surface area contributed by atoms with Crippen molar-refractivity contribution >= 4 is 15.8 Å². The van der Waals surface area contributed by atoms with Gasteiger partial charge in [-0.1, -0.05) is 0 Å². The van der Waals surface area contributed by atoms with E-state index in [1.807, 2.05) is 0 Å². The van der Waals surface area contributed by atoms with Crippen LogP contribution < -0.4 is 56.5 Å². The third-order valence-corrected chi connectivity index (χ3v) is 3.33. The van der Waals surface area contributed by atoms with E-state index in [0.29, 0.717) is 0 Å². The molecule has 1 fully saturated rings. The Bertz CT molecular complexity index is 245. The standard InChI is InChI=1S/C5H8O4S.K/c6-5(7)4-1-2-10(8,9)3-4;/h4H,1-3H2,(H,6,7);/q;+1/p-1. The summed E-state index contributed by atoms with van der Waals surface area (Å²) >= 11 is 0. The van der Waals surface area contributed by atoms with Gasteiger partial charge in [-0.2, -0.15) is 0 Å². The zero-order valence-electron chi connectivity index (χ0n) is 6.24. The van der Waals surface area contributed by atoms with Crippen molar-refractivity contribution < 1.29 is 69.7 Å². The summed E-state index contributed by atoms with van der Waals surface area (Å²) in [5.41, 5.74) is 0. The first-order valence-electron chi connectivity index (χ1n) is 2.92. The Labute approximate surface area is 108 Å². The van der Waals surface area contributed by atoms with Crippen LogP contribution >= 0.6 is 0 Å². The molecule has 1 atom stereocenters. The Morgan fingerprint density at radius 3 is 2.18 bits per heavy atom. The number of aliphatic carboxylic acids is 1. The van der Waals surface area contributed by atoms with E-state index < -0.39 is 21.7 Å². The fraction of sp³-hybridized carbons (Fsp3) is 0.800. The normalized spacial score (nSPS) is 27.5. The molecule has 0 saturated carbocycles. The predicted molar refractivity (Wildman–Crippen MR) is 31.8 cm³/mol. The van der Waals surface area contributed by atoms with Crippen molar-refractivity contribution in [1.29, 1.82) is 0 Å². The molecule has 6 heteroatoms. The first-order chi connectivity index (χ1) is 4.51. The molecule has 0 amide bonds. The third kappa shape index (κ3) is 3.52. The van der Waals surface area contributed by atoms with Gasteiger partial charge in [0.05, 0.1) is 11.5 Å². The number of rotatable bonds is 1. The Morgan fingerprint density at radius 2 is 2.00 bits per heavy atom. The molecule has 1 aliphatic heterocycles. The third-order valence-electron chi connectivity index (χ3n) is 1.57. The zero-order chi connectivity index (χ0) is 7.78. The van der Waals surface area contributed by atoms with Crippen LogP contribution in [0, 0.1) is 5.92 Å². The van der Waals surface area contributed by atoms with E-state index in [0.717, 1.165) is 0 Å². The molecular formula is C5H7KO4S. The first-order valence-corrected chi connectivity index (χ1v) is 4.75. The summed E-state index contributed by atoms with van der Waals surface area (Å²) in [6.07, 6.45) is 0.213. The van der Waals surface area contributed by atoms with Gasteiger partial charge in [0.2, 0.25) is 0 Å². The summed E-state index contributed by atoms with van der Waals surface area (Å²) in [6, 6.07) is 0. The maximum atomic E-state index is 10.7. The van der Waals surface area contributed by atoms with Crippen molar-refractivity contribution in [2.75, 3.05) is 11.5 Å². The van der Waals surface area contributed by atoms with Gasteiger partial charge in [-0.05, 0) is 6.42 Å². The number of hydrogen-bond donors (Lipinski definition) is 0. The maximum absolute atomic E-state index is 10.7. The second-order valence-corrected chi connectivity index (χ2v) is 4.65. The van der Waals surface area contributed by atoms with Crippen LogP contribution in [0.4, 0.5) is 0 Å². The van der Waals surface area contributed by atoms with Crippen LogP contribution in [0.1, 0.15) is 6.42 Å². The molecule has 4 nitrogen and oxygen atoms in total. The molecule has 1 aliphatic rings. The maximum Gasteiger partial charge on any atom is 1.00 e. The molecule has 1 unspecified atom stereocenters. The van der Waals surface area contributed by atoms with Gasteiger partial charge in [-0.25, -0.2) is 8.42 Å². The van der Waals surface area contributed by atoms with Gasteiger partial charge in [-0.3, -0.25) is 0 Å². The largest absolute Gasteiger partial charge is 1.00 e. The minimum Gasteiger partial charge on any atom is -0.550 e. The summed E-state index contributed by atoms with van der Waals surface area (Å²) in [4.78, 5) is 10.1. The van der Waals surface area contributed by atoms with E-state index in [1.165, 1.54) is 0 Å². The molecule has 0 aromatic rings. The summed E-state index contributed by atoms with van der Waals surface area (Å²) in [6.45, 7) is 0. The number of carbonyl (C=O) groups is 1. The van der Waals surface area contributed by atoms with E-state index in [-0.39, 0.29) is 69.3 Å². The minimum absolute atomic E-state index is 0. The molecule has 11 heavy (non-hydrogen) atoms. The molecule has 1 heterocycles. The number of carboxylic acid groups (broad SMARTS) is 1. The Kier molecular flexibility index (Phi) is 4.75. The molecule has 1 saturated heterocycles. The molecule has 0 aromatic heterocycles. The van der Waals surface area contributed by atoms with Crippen LogP contribution in [0.3, 0.4) is 0 Å². The summed E-state index contributed by atoms with van der Waals surface area (Å²) in [5.74, 6) is -2.27. The van der Waals surface area contributed by atoms with E-state index in [4.69, 9.17) is 0 Å². The average molecular weight is 202 g/mol. The van der Waals surface area contributed by atoms with Gasteiger partial charge in [0.15, 0.2) is 9.84 Å². The molecule has 0 bridgehead atoms. The first kappa shape index (κ1) is 12.1. The second-order valence-electron chi connectivity index (χ2n) is 2.42. The number of hydrogen-bond acceptors (Lipinski definition) is 4. The minimum atomic E-state index is -3.06. The second kappa shape index (κ2) is 4.34. The van der Waals surface area contributed by atoms with E-state index in [9.17, 15) is 18.3 Å². The van der Waals surface area contributed by atoms with Gasteiger partial charge in [0.25, 0.3) is 0 Å². The monoisotopic (exact) mass is 202 g/mol. The van der Waals surface area contributed by atoms with Crippen molar-refractivity contribution in [2.24, 2.45) is 5.92 Å². The number of carbonyl (C=O) groups excluding carboxylic acids is 1. The van der Waals surface area contributed by atoms with Crippen molar-refractivity contribution in [2.45, 2.75) is 6.42 Å². The van der Waals surface area contributed by atoms with Crippen LogP contribution in [-0.2, 0) is 14.6 Å². The van der Waals surface area contributed by atoms with Crippen molar-refractivity contribution in [3.05, 3.63) is 0 Å². The van der Waals surface area contributed by atoms with Crippen molar-refractivity contribution in [3.63, 3.8) is 0 Å². The molecule has 1 rings (SSSR count). The molecule has 0 aromatic carbocycles. The summed E-state index contributed by atoms with van der Waals surface area (Å²) < 4.78 is 21.3. The number of sulfone groups is 1. The fourth-order valence-electron chi connectivity index (χ4n) is 0.981. The van der Waals surface area contributed by atoms with Gasteiger partial charge in [0, 0.05) is 11.9 Å². The summed E-state index contributed by atoms with van der Waals surface area (Å²) in [5, 5.41) is 10.1. The quantitative estimate of drug-likeness (QED) is 0.400. The molecule has 58 valence electrons. The van der Waals surface area contributed by atoms with Gasteiger partial charge in [0.1, 0.15) is 0 Å². The SMILES string of the molecule is O=C([O-])C1CCS(=O)(=O)C1.[K+]. The Balaban J connectivity index is 0.000001000.